The Balaban J connectivity index is 2.14. The van der Waals surface area contributed by atoms with Crippen molar-refractivity contribution in [2.45, 2.75) is 26.7 Å². The van der Waals surface area contributed by atoms with Crippen LogP contribution in [0.1, 0.15) is 37.2 Å². The molecule has 0 spiro atoms. The maximum Gasteiger partial charge on any atom is 0.295 e. The molecule has 0 aliphatic rings. The lowest BCUT2D eigenvalue weighted by Gasteiger charge is -2.16. The van der Waals surface area contributed by atoms with Crippen LogP contribution in [0.3, 0.4) is 0 Å². The fourth-order valence-electron chi connectivity index (χ4n) is 3.24. The molecule has 3 rings (SSSR count). The Labute approximate surface area is 197 Å². The summed E-state index contributed by atoms with van der Waals surface area (Å²) >= 11 is 8.22. The van der Waals surface area contributed by atoms with Crippen LogP contribution in [-0.4, -0.2) is 32.8 Å². The minimum absolute atomic E-state index is 0.00241. The van der Waals surface area contributed by atoms with Crippen LogP contribution in [0.2, 0.25) is 5.15 Å². The third-order valence-electron chi connectivity index (χ3n) is 4.60. The average Bonchev–Trinajstić information content (AvgIpc) is 3.12. The summed E-state index contributed by atoms with van der Waals surface area (Å²) in [6.45, 7) is 3.74. The van der Waals surface area contributed by atoms with E-state index in [2.05, 4.69) is 25.8 Å². The normalized spacial score (nSPS) is 12.3. The molecule has 2 heterocycles. The number of imidazole rings is 1. The van der Waals surface area contributed by atoms with E-state index >= 15 is 0 Å². The van der Waals surface area contributed by atoms with E-state index in [4.69, 9.17) is 17.0 Å². The number of aromatic nitrogens is 3. The van der Waals surface area contributed by atoms with Gasteiger partial charge < -0.3 is 10.7 Å². The molecule has 3 aromatic rings. The van der Waals surface area contributed by atoms with E-state index in [0.29, 0.717) is 34.7 Å². The Kier molecular flexibility index (Phi) is 7.77. The number of hydrazone groups is 1. The number of benzene rings is 1. The largest absolute Gasteiger partial charge is 0.353 e. The molecule has 1 aromatic carbocycles. The number of hydrogen-bond donors (Lipinski definition) is 3. The van der Waals surface area contributed by atoms with Crippen molar-refractivity contribution >= 4 is 74.0 Å². The van der Waals surface area contributed by atoms with Gasteiger partial charge in [-0.15, -0.1) is 0 Å². The smallest absolute Gasteiger partial charge is 0.295 e. The topological polar surface area (TPSA) is 91.0 Å². The molecular weight excluding hydrogens is 558 g/mol. The number of halogens is 4. The first-order valence-corrected chi connectivity index (χ1v) is 13.7. The Hall–Kier alpha value is -1.91. The number of pyridine rings is 1. The van der Waals surface area contributed by atoms with Crippen LogP contribution in [0.25, 0.3) is 11.2 Å². The molecule has 7 nitrogen and oxygen atoms in total. The van der Waals surface area contributed by atoms with Gasteiger partial charge in [0.25, 0.3) is 6.43 Å². The van der Waals surface area contributed by atoms with Gasteiger partial charge in [0.05, 0.1) is 23.5 Å². The molecule has 0 radical (unpaired) electrons. The van der Waals surface area contributed by atoms with Crippen molar-refractivity contribution < 1.29 is 8.78 Å². The molecule has 0 saturated carbocycles. The molecule has 1 unspecified atom stereocenters. The number of fused-ring (bicyclic) bond motifs is 1. The summed E-state index contributed by atoms with van der Waals surface area (Å²) in [5.74, 6) is -0.342. The van der Waals surface area contributed by atoms with E-state index in [-0.39, 0.29) is 17.4 Å². The van der Waals surface area contributed by atoms with Crippen LogP contribution in [0.15, 0.2) is 29.4 Å². The number of rotatable bonds is 8. The van der Waals surface area contributed by atoms with Gasteiger partial charge in [0, 0.05) is 24.4 Å². The third kappa shape index (κ3) is 4.80. The van der Waals surface area contributed by atoms with E-state index in [1.54, 1.807) is 20.0 Å². The quantitative estimate of drug-likeness (QED) is 0.0995. The summed E-state index contributed by atoms with van der Waals surface area (Å²) in [4.78, 5) is 8.37. The fourth-order valence-corrected chi connectivity index (χ4v) is 5.33. The first-order valence-electron chi connectivity index (χ1n) is 9.25. The number of alkyl halides is 2. The van der Waals surface area contributed by atoms with E-state index in [0.717, 1.165) is 16.8 Å². The van der Waals surface area contributed by atoms with Gasteiger partial charge in [-0.25, -0.2) is 18.7 Å². The van der Waals surface area contributed by atoms with Gasteiger partial charge in [-0.2, -0.15) is 5.10 Å². The predicted octanol–water partition coefficient (Wildman–Crippen LogP) is 6.08. The summed E-state index contributed by atoms with van der Waals surface area (Å²) in [6, 6.07) is 7.12. The van der Waals surface area contributed by atoms with E-state index in [9.17, 15) is 8.78 Å². The lowest BCUT2D eigenvalue weighted by atomic mass is 9.97. The van der Waals surface area contributed by atoms with Crippen LogP contribution in [0.5, 0.6) is 0 Å². The fraction of sp³-hybridized carbons (Fsp3) is 0.263. The molecule has 0 fully saturated rings. The van der Waals surface area contributed by atoms with E-state index in [1.165, 1.54) is 4.34 Å². The zero-order valence-electron chi connectivity index (χ0n) is 16.9. The molecule has 164 valence electrons. The highest BCUT2D eigenvalue weighted by atomic mass is 127. The van der Waals surface area contributed by atoms with Crippen molar-refractivity contribution in [1.82, 2.24) is 19.7 Å². The second-order valence-electron chi connectivity index (χ2n) is 6.46. The first-order chi connectivity index (χ1) is 14.8. The molecule has 0 aliphatic heterocycles. The molecular formula is C19H20ClF2IN7P. The highest BCUT2D eigenvalue weighted by Crippen LogP contribution is 2.38. The standard InChI is InChI=1S/C19H20ClF2IN7P/c1-4-10-11(15(24)9(2)29-25-3)6-5-7-12(10)26-13-8-14(20)27-18-16(13)28-19(17(21)22)30(18)31-23/h5-8,17,24-25,31H,4H2,1-3H3,(H,26,27)/b24-15?,29-9-. The molecule has 2 aromatic heterocycles. The number of nitrogens with zero attached hydrogens (tertiary/aromatic N) is 4. The zero-order chi connectivity index (χ0) is 22.7. The molecule has 3 N–H and O–H groups in total. The zero-order valence-corrected chi connectivity index (χ0v) is 20.8. The number of hydrogen-bond acceptors (Lipinski definition) is 6. The van der Waals surface area contributed by atoms with Crippen molar-refractivity contribution in [3.8, 4) is 0 Å². The van der Waals surface area contributed by atoms with Gasteiger partial charge in [-0.05, 0) is 47.0 Å². The molecule has 12 heteroatoms. The maximum atomic E-state index is 13.5. The molecule has 0 amide bonds. The summed E-state index contributed by atoms with van der Waals surface area (Å²) in [5.41, 5.74) is 6.99. The van der Waals surface area contributed by atoms with Crippen LogP contribution in [0.4, 0.5) is 20.2 Å². The molecule has 0 bridgehead atoms. The molecule has 31 heavy (non-hydrogen) atoms. The van der Waals surface area contributed by atoms with Crippen molar-refractivity contribution in [3.63, 3.8) is 0 Å². The monoisotopic (exact) mass is 577 g/mol. The van der Waals surface area contributed by atoms with Gasteiger partial charge in [0.2, 0.25) is 0 Å². The average molecular weight is 578 g/mol. The van der Waals surface area contributed by atoms with Crippen molar-refractivity contribution in [1.29, 1.82) is 5.41 Å². The number of anilines is 2. The molecule has 0 aliphatic carbocycles. The van der Waals surface area contributed by atoms with Gasteiger partial charge in [0.15, 0.2) is 11.5 Å². The third-order valence-corrected chi connectivity index (χ3v) is 6.85. The SMILES string of the molecule is CCc1c(Nc2cc(Cl)nc3c2nc(C(F)F)n3PI)cccc1C(=N)/C(C)=N\NC. The van der Waals surface area contributed by atoms with Crippen molar-refractivity contribution in [2.24, 2.45) is 5.10 Å². The van der Waals surface area contributed by atoms with Gasteiger partial charge >= 0.3 is 0 Å². The minimum Gasteiger partial charge on any atom is -0.353 e. The van der Waals surface area contributed by atoms with Crippen LogP contribution >= 0.6 is 40.0 Å². The first kappa shape index (κ1) is 23.7. The minimum atomic E-state index is -2.73. The summed E-state index contributed by atoms with van der Waals surface area (Å²) < 4.78 is 28.4. The second kappa shape index (κ2) is 10.1. The molecule has 0 saturated heterocycles. The predicted molar refractivity (Wildman–Crippen MR) is 133 cm³/mol. The highest BCUT2D eigenvalue weighted by molar-refractivity contribution is 14.2. The maximum absolute atomic E-state index is 13.5. The van der Waals surface area contributed by atoms with Crippen LogP contribution in [0, 0.1) is 5.41 Å². The van der Waals surface area contributed by atoms with Gasteiger partial charge in [-0.3, -0.25) is 9.75 Å². The van der Waals surface area contributed by atoms with Crippen molar-refractivity contribution in [3.05, 3.63) is 46.4 Å². The Morgan fingerprint density at radius 1 is 1.35 bits per heavy atom. The highest BCUT2D eigenvalue weighted by Gasteiger charge is 2.23. The van der Waals surface area contributed by atoms with E-state index < -0.39 is 6.43 Å². The lowest BCUT2D eigenvalue weighted by Crippen LogP contribution is -2.16. The van der Waals surface area contributed by atoms with Gasteiger partial charge in [-0.1, -0.05) is 30.7 Å². The lowest BCUT2D eigenvalue weighted by molar-refractivity contribution is 0.140. The Morgan fingerprint density at radius 3 is 2.71 bits per heavy atom. The second-order valence-corrected chi connectivity index (χ2v) is 8.91. The summed E-state index contributed by atoms with van der Waals surface area (Å²) in [5, 5.41) is 16.0. The summed E-state index contributed by atoms with van der Waals surface area (Å²) in [7, 11) is 1.68. The molecule has 1 atom stereocenters. The van der Waals surface area contributed by atoms with Crippen LogP contribution < -0.4 is 10.7 Å². The Bertz CT molecular complexity index is 1170. The van der Waals surface area contributed by atoms with Gasteiger partial charge in [0.1, 0.15) is 10.7 Å². The number of nitrogens with one attached hydrogen (secondary N) is 3. The van der Waals surface area contributed by atoms with Crippen LogP contribution in [-0.2, 0) is 6.42 Å². The van der Waals surface area contributed by atoms with Crippen molar-refractivity contribution in [2.75, 3.05) is 12.4 Å². The van der Waals surface area contributed by atoms with E-state index in [1.807, 2.05) is 47.2 Å². The Morgan fingerprint density at radius 2 is 2.10 bits per heavy atom. The summed E-state index contributed by atoms with van der Waals surface area (Å²) in [6.07, 6.45) is -2.09.